The quantitative estimate of drug-likeness (QED) is 0.710. The predicted molar refractivity (Wildman–Crippen MR) is 71.0 cm³/mol. The molecule has 20 heavy (non-hydrogen) atoms. The summed E-state index contributed by atoms with van der Waals surface area (Å²) in [6.45, 7) is 4.08. The molecule has 1 unspecified atom stereocenters. The fraction of sp³-hybridized carbons (Fsp3) is 0.769. The number of carbonyl (C=O) groups excluding carboxylic acids is 3. The highest BCUT2D eigenvalue weighted by Crippen LogP contribution is 2.19. The molecule has 0 aromatic heterocycles. The maximum atomic E-state index is 12.4. The molecular formula is C13H21N3O4. The Balaban J connectivity index is 1.86. The third-order valence-corrected chi connectivity index (χ3v) is 3.89. The molecular weight excluding hydrogens is 262 g/mol. The van der Waals surface area contributed by atoms with Crippen molar-refractivity contribution in [1.29, 1.82) is 0 Å². The summed E-state index contributed by atoms with van der Waals surface area (Å²) < 4.78 is 4.94. The van der Waals surface area contributed by atoms with E-state index in [9.17, 15) is 14.4 Å². The van der Waals surface area contributed by atoms with Gasteiger partial charge in [-0.1, -0.05) is 0 Å². The molecule has 2 saturated heterocycles. The van der Waals surface area contributed by atoms with Crippen LogP contribution in [0.3, 0.4) is 0 Å². The molecule has 7 heteroatoms. The van der Waals surface area contributed by atoms with E-state index in [4.69, 9.17) is 4.74 Å². The van der Waals surface area contributed by atoms with Crippen LogP contribution < -0.4 is 0 Å². The first kappa shape index (κ1) is 14.6. The molecule has 0 aliphatic carbocycles. The van der Waals surface area contributed by atoms with Gasteiger partial charge in [-0.25, -0.2) is 4.79 Å². The van der Waals surface area contributed by atoms with Crippen molar-refractivity contribution < 1.29 is 19.1 Å². The van der Waals surface area contributed by atoms with E-state index in [1.54, 1.807) is 23.8 Å². The van der Waals surface area contributed by atoms with Gasteiger partial charge in [-0.15, -0.1) is 0 Å². The number of likely N-dealkylation sites (N-methyl/N-ethyl adjacent to an activating group) is 1. The molecule has 3 amide bonds. The molecule has 0 N–H and O–H groups in total. The van der Waals surface area contributed by atoms with Crippen LogP contribution in [0.25, 0.3) is 0 Å². The summed E-state index contributed by atoms with van der Waals surface area (Å²) in [5, 5.41) is 0. The van der Waals surface area contributed by atoms with Gasteiger partial charge in [-0.05, 0) is 13.3 Å². The van der Waals surface area contributed by atoms with Crippen molar-refractivity contribution in [3.63, 3.8) is 0 Å². The number of carbonyl (C=O) groups is 3. The molecule has 2 aliphatic rings. The van der Waals surface area contributed by atoms with Gasteiger partial charge in [-0.3, -0.25) is 9.59 Å². The molecule has 0 bridgehead atoms. The monoisotopic (exact) mass is 283 g/mol. The Morgan fingerprint density at radius 2 is 1.80 bits per heavy atom. The summed E-state index contributed by atoms with van der Waals surface area (Å²) in [5.41, 5.74) is 0. The lowest BCUT2D eigenvalue weighted by molar-refractivity contribution is -0.141. The summed E-state index contributed by atoms with van der Waals surface area (Å²) in [7, 11) is 1.67. The van der Waals surface area contributed by atoms with Crippen LogP contribution in [0.4, 0.5) is 4.79 Å². The van der Waals surface area contributed by atoms with E-state index in [1.165, 1.54) is 4.90 Å². The van der Waals surface area contributed by atoms with Crippen molar-refractivity contribution in [2.24, 2.45) is 0 Å². The molecule has 7 nitrogen and oxygen atoms in total. The van der Waals surface area contributed by atoms with Crippen LogP contribution in [0.15, 0.2) is 0 Å². The minimum Gasteiger partial charge on any atom is -0.450 e. The van der Waals surface area contributed by atoms with Crippen molar-refractivity contribution in [2.45, 2.75) is 25.8 Å². The van der Waals surface area contributed by atoms with E-state index in [1.807, 2.05) is 0 Å². The zero-order chi connectivity index (χ0) is 14.7. The average molecular weight is 283 g/mol. The molecule has 1 atom stereocenters. The van der Waals surface area contributed by atoms with Gasteiger partial charge >= 0.3 is 6.09 Å². The van der Waals surface area contributed by atoms with Crippen LogP contribution in [0, 0.1) is 0 Å². The highest BCUT2D eigenvalue weighted by atomic mass is 16.6. The highest BCUT2D eigenvalue weighted by molar-refractivity contribution is 5.90. The Labute approximate surface area is 118 Å². The Hall–Kier alpha value is -1.79. The van der Waals surface area contributed by atoms with Crippen molar-refractivity contribution in [2.75, 3.05) is 39.8 Å². The zero-order valence-corrected chi connectivity index (χ0v) is 12.0. The van der Waals surface area contributed by atoms with Gasteiger partial charge in [0.2, 0.25) is 11.8 Å². The lowest BCUT2D eigenvalue weighted by atomic mass is 10.2. The van der Waals surface area contributed by atoms with Gasteiger partial charge in [0.05, 0.1) is 6.61 Å². The van der Waals surface area contributed by atoms with Crippen LogP contribution in [0.2, 0.25) is 0 Å². The molecule has 0 aromatic rings. The van der Waals surface area contributed by atoms with E-state index in [0.29, 0.717) is 45.6 Å². The number of amides is 3. The Morgan fingerprint density at radius 1 is 1.20 bits per heavy atom. The van der Waals surface area contributed by atoms with Crippen LogP contribution >= 0.6 is 0 Å². The maximum absolute atomic E-state index is 12.4. The van der Waals surface area contributed by atoms with Crippen LogP contribution in [-0.4, -0.2) is 78.5 Å². The van der Waals surface area contributed by atoms with Gasteiger partial charge in [0.25, 0.3) is 0 Å². The van der Waals surface area contributed by atoms with Crippen LogP contribution in [-0.2, 0) is 14.3 Å². The minimum absolute atomic E-state index is 0.0122. The largest absolute Gasteiger partial charge is 0.450 e. The fourth-order valence-corrected chi connectivity index (χ4v) is 2.63. The van der Waals surface area contributed by atoms with Gasteiger partial charge < -0.3 is 19.4 Å². The maximum Gasteiger partial charge on any atom is 0.409 e. The molecule has 0 aromatic carbocycles. The Kier molecular flexibility index (Phi) is 4.46. The molecule has 2 fully saturated rings. The predicted octanol–water partition coefficient (Wildman–Crippen LogP) is -0.0921. The molecule has 0 spiro atoms. The standard InChI is InChI=1S/C13H21N3O4/c1-3-20-13(19)16-8-6-15(7-9-16)12(18)10-4-5-11(17)14(10)2/h10H,3-9H2,1-2H3. The third-order valence-electron chi connectivity index (χ3n) is 3.89. The van der Waals surface area contributed by atoms with E-state index >= 15 is 0 Å². The zero-order valence-electron chi connectivity index (χ0n) is 12.0. The molecule has 2 heterocycles. The second-order valence-corrected chi connectivity index (χ2v) is 5.07. The second-order valence-electron chi connectivity index (χ2n) is 5.07. The SMILES string of the molecule is CCOC(=O)N1CCN(C(=O)C2CCC(=O)N2C)CC1. The van der Waals surface area contributed by atoms with Crippen LogP contribution in [0.5, 0.6) is 0 Å². The molecule has 0 saturated carbocycles. The van der Waals surface area contributed by atoms with Gasteiger partial charge in [0, 0.05) is 39.6 Å². The first-order valence-corrected chi connectivity index (χ1v) is 7.00. The lowest BCUT2D eigenvalue weighted by Crippen LogP contribution is -2.54. The first-order valence-electron chi connectivity index (χ1n) is 7.00. The summed E-state index contributed by atoms with van der Waals surface area (Å²) in [6, 6.07) is -0.336. The Bertz CT molecular complexity index is 404. The van der Waals surface area contributed by atoms with E-state index < -0.39 is 0 Å². The Morgan fingerprint density at radius 3 is 2.30 bits per heavy atom. The van der Waals surface area contributed by atoms with Crippen molar-refractivity contribution in [3.05, 3.63) is 0 Å². The topological polar surface area (TPSA) is 70.2 Å². The van der Waals surface area contributed by atoms with E-state index in [2.05, 4.69) is 0 Å². The number of nitrogens with zero attached hydrogens (tertiary/aromatic N) is 3. The van der Waals surface area contributed by atoms with Gasteiger partial charge in [0.15, 0.2) is 0 Å². The minimum atomic E-state index is -0.336. The smallest absolute Gasteiger partial charge is 0.409 e. The summed E-state index contributed by atoms with van der Waals surface area (Å²) in [6.07, 6.45) is 0.704. The molecule has 0 radical (unpaired) electrons. The van der Waals surface area contributed by atoms with Crippen LogP contribution in [0.1, 0.15) is 19.8 Å². The normalized spacial score (nSPS) is 23.2. The molecule has 112 valence electrons. The number of ether oxygens (including phenoxy) is 1. The number of likely N-dealkylation sites (tertiary alicyclic amines) is 1. The van der Waals surface area contributed by atoms with E-state index in [0.717, 1.165) is 0 Å². The first-order chi connectivity index (χ1) is 9.54. The van der Waals surface area contributed by atoms with Gasteiger partial charge in [-0.2, -0.15) is 0 Å². The van der Waals surface area contributed by atoms with Crippen molar-refractivity contribution in [1.82, 2.24) is 14.7 Å². The summed E-state index contributed by atoms with van der Waals surface area (Å²) in [4.78, 5) is 40.3. The summed E-state index contributed by atoms with van der Waals surface area (Å²) in [5.74, 6) is 0.00960. The second kappa shape index (κ2) is 6.11. The highest BCUT2D eigenvalue weighted by Gasteiger charge is 2.37. The third kappa shape index (κ3) is 2.86. The number of hydrogen-bond acceptors (Lipinski definition) is 4. The fourth-order valence-electron chi connectivity index (χ4n) is 2.63. The van der Waals surface area contributed by atoms with Gasteiger partial charge in [0.1, 0.15) is 6.04 Å². The number of rotatable bonds is 2. The molecule has 2 rings (SSSR count). The average Bonchev–Trinajstić information content (AvgIpc) is 2.79. The number of piperazine rings is 1. The van der Waals surface area contributed by atoms with Crippen molar-refractivity contribution >= 4 is 17.9 Å². The number of hydrogen-bond donors (Lipinski definition) is 0. The van der Waals surface area contributed by atoms with E-state index in [-0.39, 0.29) is 23.9 Å². The lowest BCUT2D eigenvalue weighted by Gasteiger charge is -2.36. The molecule has 2 aliphatic heterocycles. The summed E-state index contributed by atoms with van der Waals surface area (Å²) >= 11 is 0. The van der Waals surface area contributed by atoms with Crippen molar-refractivity contribution in [3.8, 4) is 0 Å².